The van der Waals surface area contributed by atoms with Gasteiger partial charge in [0, 0.05) is 6.54 Å². The van der Waals surface area contributed by atoms with Crippen LogP contribution in [0.5, 0.6) is 0 Å². The molecule has 1 aromatic carbocycles. The lowest BCUT2D eigenvalue weighted by Gasteiger charge is -2.21. The van der Waals surface area contributed by atoms with Crippen molar-refractivity contribution in [2.45, 2.75) is 12.8 Å². The second kappa shape index (κ2) is 5.68. The molecule has 5 heteroatoms. The molecule has 1 fully saturated rings. The van der Waals surface area contributed by atoms with Gasteiger partial charge in [0.15, 0.2) is 5.13 Å². The van der Waals surface area contributed by atoms with Gasteiger partial charge in [0.2, 0.25) is 0 Å². The van der Waals surface area contributed by atoms with Crippen molar-refractivity contribution in [2.75, 3.05) is 23.4 Å². The Balaban J connectivity index is 1.69. The minimum absolute atomic E-state index is 0.798. The quantitative estimate of drug-likeness (QED) is 0.903. The number of nitrogens with zero attached hydrogens (tertiary/aromatic N) is 1. The van der Waals surface area contributed by atoms with Crippen LogP contribution in [0.4, 0.5) is 5.13 Å². The number of rotatable bonds is 3. The Morgan fingerprint density at radius 1 is 1.33 bits per heavy atom. The molecule has 1 aromatic heterocycles. The van der Waals surface area contributed by atoms with Gasteiger partial charge < -0.3 is 5.32 Å². The summed E-state index contributed by atoms with van der Waals surface area (Å²) in [6, 6.07) is 5.89. The number of fused-ring (bicyclic) bond motifs is 1. The number of aromatic nitrogens is 1. The van der Waals surface area contributed by atoms with Crippen LogP contribution in [0.25, 0.3) is 10.2 Å². The van der Waals surface area contributed by atoms with Crippen LogP contribution in [-0.2, 0) is 0 Å². The van der Waals surface area contributed by atoms with Crippen LogP contribution in [-0.4, -0.2) is 23.0 Å². The molecule has 0 saturated carbocycles. The molecule has 1 saturated heterocycles. The third kappa shape index (κ3) is 2.76. The van der Waals surface area contributed by atoms with E-state index in [4.69, 9.17) is 11.6 Å². The van der Waals surface area contributed by atoms with E-state index in [-0.39, 0.29) is 0 Å². The van der Waals surface area contributed by atoms with E-state index in [9.17, 15) is 0 Å². The van der Waals surface area contributed by atoms with E-state index in [2.05, 4.69) is 22.1 Å². The van der Waals surface area contributed by atoms with E-state index in [1.165, 1.54) is 24.3 Å². The molecule has 2 aromatic rings. The topological polar surface area (TPSA) is 24.9 Å². The van der Waals surface area contributed by atoms with Gasteiger partial charge in [0.1, 0.15) is 0 Å². The molecular formula is C13H15ClN2S2. The average Bonchev–Trinajstić information content (AvgIpc) is 2.82. The van der Waals surface area contributed by atoms with Gasteiger partial charge in [-0.3, -0.25) is 0 Å². The number of anilines is 1. The van der Waals surface area contributed by atoms with Crippen LogP contribution >= 0.6 is 34.7 Å². The Morgan fingerprint density at radius 3 is 2.94 bits per heavy atom. The maximum Gasteiger partial charge on any atom is 0.183 e. The van der Waals surface area contributed by atoms with Crippen molar-refractivity contribution >= 4 is 50.0 Å². The fourth-order valence-corrected chi connectivity index (χ4v) is 4.54. The fraction of sp³-hybridized carbons (Fsp3) is 0.462. The molecule has 0 atom stereocenters. The highest BCUT2D eigenvalue weighted by molar-refractivity contribution is 7.99. The van der Waals surface area contributed by atoms with E-state index >= 15 is 0 Å². The lowest BCUT2D eigenvalue weighted by molar-refractivity contribution is 0.516. The number of thioether (sulfide) groups is 1. The summed E-state index contributed by atoms with van der Waals surface area (Å²) < 4.78 is 1.08. The highest BCUT2D eigenvalue weighted by Gasteiger charge is 2.14. The predicted molar refractivity (Wildman–Crippen MR) is 83.2 cm³/mol. The summed E-state index contributed by atoms with van der Waals surface area (Å²) in [5, 5.41) is 5.27. The Kier molecular flexibility index (Phi) is 3.97. The van der Waals surface area contributed by atoms with Crippen molar-refractivity contribution in [3.63, 3.8) is 0 Å². The zero-order valence-electron chi connectivity index (χ0n) is 9.99. The van der Waals surface area contributed by atoms with Gasteiger partial charge in [-0.15, -0.1) is 0 Å². The van der Waals surface area contributed by atoms with Crippen molar-refractivity contribution in [1.82, 2.24) is 4.98 Å². The lowest BCUT2D eigenvalue weighted by Crippen LogP contribution is -2.18. The van der Waals surface area contributed by atoms with Gasteiger partial charge in [0.25, 0.3) is 0 Å². The Bertz CT molecular complexity index is 535. The van der Waals surface area contributed by atoms with Crippen LogP contribution in [0.2, 0.25) is 5.02 Å². The second-order valence-corrected chi connectivity index (χ2v) is 7.17. The largest absolute Gasteiger partial charge is 0.361 e. The van der Waals surface area contributed by atoms with Gasteiger partial charge in [-0.25, -0.2) is 4.98 Å². The predicted octanol–water partition coefficient (Wildman–Crippen LogP) is 4.50. The molecule has 2 heterocycles. The molecule has 0 radical (unpaired) electrons. The van der Waals surface area contributed by atoms with Gasteiger partial charge in [-0.05, 0) is 42.4 Å². The van der Waals surface area contributed by atoms with Crippen molar-refractivity contribution in [3.05, 3.63) is 23.2 Å². The first-order chi connectivity index (χ1) is 8.83. The van der Waals surface area contributed by atoms with Crippen molar-refractivity contribution in [2.24, 2.45) is 5.92 Å². The molecule has 1 aliphatic heterocycles. The summed E-state index contributed by atoms with van der Waals surface area (Å²) in [6.45, 7) is 1.04. The minimum Gasteiger partial charge on any atom is -0.361 e. The third-order valence-corrected chi connectivity index (χ3v) is 5.79. The summed E-state index contributed by atoms with van der Waals surface area (Å²) in [4.78, 5) is 4.58. The monoisotopic (exact) mass is 298 g/mol. The van der Waals surface area contributed by atoms with Crippen LogP contribution in [0.3, 0.4) is 0 Å². The third-order valence-electron chi connectivity index (χ3n) is 3.25. The second-order valence-electron chi connectivity index (χ2n) is 4.54. The van der Waals surface area contributed by atoms with Gasteiger partial charge in [-0.1, -0.05) is 29.0 Å². The highest BCUT2D eigenvalue weighted by atomic mass is 35.5. The normalized spacial score (nSPS) is 17.2. The maximum absolute atomic E-state index is 6.16. The standard InChI is InChI=1S/C13H15ClN2S2/c14-10-2-1-3-11-12(10)18-13(16-11)15-8-9-4-6-17-7-5-9/h1-3,9H,4-8H2,(H,15,16). The molecule has 0 spiro atoms. The summed E-state index contributed by atoms with van der Waals surface area (Å²) >= 11 is 9.88. The summed E-state index contributed by atoms with van der Waals surface area (Å²) in [5.41, 5.74) is 0.995. The molecule has 0 amide bonds. The first-order valence-corrected chi connectivity index (χ1v) is 8.54. The summed E-state index contributed by atoms with van der Waals surface area (Å²) in [7, 11) is 0. The van der Waals surface area contributed by atoms with E-state index < -0.39 is 0 Å². The van der Waals surface area contributed by atoms with Gasteiger partial charge in [-0.2, -0.15) is 11.8 Å². The zero-order valence-corrected chi connectivity index (χ0v) is 12.4. The van der Waals surface area contributed by atoms with Gasteiger partial charge >= 0.3 is 0 Å². The number of benzene rings is 1. The van der Waals surface area contributed by atoms with Crippen LogP contribution in [0.15, 0.2) is 18.2 Å². The number of thiazole rings is 1. The lowest BCUT2D eigenvalue weighted by atomic mass is 10.0. The van der Waals surface area contributed by atoms with Gasteiger partial charge in [0.05, 0.1) is 15.2 Å². The molecule has 0 aliphatic carbocycles. The number of hydrogen-bond acceptors (Lipinski definition) is 4. The van der Waals surface area contributed by atoms with Crippen molar-refractivity contribution in [1.29, 1.82) is 0 Å². The number of hydrogen-bond donors (Lipinski definition) is 1. The van der Waals surface area contributed by atoms with Crippen molar-refractivity contribution in [3.8, 4) is 0 Å². The zero-order chi connectivity index (χ0) is 12.4. The molecule has 96 valence electrons. The Hall–Kier alpha value is -0.450. The molecule has 0 unspecified atom stereocenters. The van der Waals surface area contributed by atoms with Crippen molar-refractivity contribution < 1.29 is 0 Å². The minimum atomic E-state index is 0.798. The molecule has 0 bridgehead atoms. The molecular weight excluding hydrogens is 284 g/mol. The van der Waals surface area contributed by atoms with E-state index in [1.807, 2.05) is 18.2 Å². The average molecular weight is 299 g/mol. The molecule has 3 rings (SSSR count). The number of halogens is 1. The first-order valence-electron chi connectivity index (χ1n) is 6.19. The van der Waals surface area contributed by atoms with E-state index in [1.54, 1.807) is 11.3 Å². The van der Waals surface area contributed by atoms with E-state index in [0.717, 1.165) is 32.8 Å². The Morgan fingerprint density at radius 2 is 2.17 bits per heavy atom. The Labute approximate surface area is 120 Å². The van der Waals surface area contributed by atoms with E-state index in [0.29, 0.717) is 0 Å². The molecule has 1 aliphatic rings. The SMILES string of the molecule is Clc1cccc2nc(NCC3CCSCC3)sc12. The molecule has 1 N–H and O–H groups in total. The molecule has 2 nitrogen and oxygen atoms in total. The first kappa shape index (κ1) is 12.6. The van der Waals surface area contributed by atoms with Crippen LogP contribution < -0.4 is 5.32 Å². The fourth-order valence-electron chi connectivity index (χ4n) is 2.17. The van der Waals surface area contributed by atoms with Crippen LogP contribution in [0.1, 0.15) is 12.8 Å². The highest BCUT2D eigenvalue weighted by Crippen LogP contribution is 2.32. The number of nitrogens with one attached hydrogen (secondary N) is 1. The summed E-state index contributed by atoms with van der Waals surface area (Å²) in [6.07, 6.45) is 2.65. The smallest absolute Gasteiger partial charge is 0.183 e. The molecule has 18 heavy (non-hydrogen) atoms. The summed E-state index contributed by atoms with van der Waals surface area (Å²) in [5.74, 6) is 3.41. The maximum atomic E-state index is 6.16. The van der Waals surface area contributed by atoms with Crippen LogP contribution in [0, 0.1) is 5.92 Å².